The van der Waals surface area contributed by atoms with E-state index in [-0.39, 0.29) is 11.3 Å². The van der Waals surface area contributed by atoms with Crippen LogP contribution in [0.5, 0.6) is 0 Å². The molecule has 2 N–H and O–H groups in total. The number of carboxylic acid groups (broad SMARTS) is 1. The molecular formula is C12H8N2O5S. The van der Waals surface area contributed by atoms with E-state index >= 15 is 0 Å². The summed E-state index contributed by atoms with van der Waals surface area (Å²) >= 11 is 0. The molecule has 0 aliphatic rings. The number of carbonyl (C=O) groups is 1. The predicted octanol–water partition coefficient (Wildman–Crippen LogP) is 1.65. The lowest BCUT2D eigenvalue weighted by Gasteiger charge is -2.06. The second-order valence-corrected chi connectivity index (χ2v) is 5.30. The van der Waals surface area contributed by atoms with Crippen molar-refractivity contribution in [3.63, 3.8) is 0 Å². The molecule has 0 aliphatic carbocycles. The molecule has 1 aromatic carbocycles. The Labute approximate surface area is 114 Å². The molecular weight excluding hydrogens is 284 g/mol. The third-order valence-corrected chi connectivity index (χ3v) is 3.59. The summed E-state index contributed by atoms with van der Waals surface area (Å²) in [5.74, 6) is -1.86. The summed E-state index contributed by atoms with van der Waals surface area (Å²) in [6.45, 7) is 0. The van der Waals surface area contributed by atoms with E-state index in [2.05, 4.69) is 4.72 Å². The van der Waals surface area contributed by atoms with Crippen LogP contribution >= 0.6 is 0 Å². The first-order chi connectivity index (χ1) is 9.44. The van der Waals surface area contributed by atoms with Gasteiger partial charge in [0.05, 0.1) is 11.3 Å². The zero-order chi connectivity index (χ0) is 14.8. The van der Waals surface area contributed by atoms with Gasteiger partial charge in [-0.05, 0) is 24.3 Å². The molecule has 2 rings (SSSR count). The highest BCUT2D eigenvalue weighted by Crippen LogP contribution is 2.21. The van der Waals surface area contributed by atoms with Crippen LogP contribution in [0.3, 0.4) is 0 Å². The molecule has 0 saturated carbocycles. The van der Waals surface area contributed by atoms with Crippen molar-refractivity contribution in [1.82, 2.24) is 0 Å². The molecule has 2 aromatic rings. The molecule has 0 bridgehead atoms. The molecule has 0 spiro atoms. The average Bonchev–Trinajstić information content (AvgIpc) is 2.89. The molecule has 0 fully saturated rings. The van der Waals surface area contributed by atoms with Gasteiger partial charge in [-0.25, -0.2) is 4.79 Å². The van der Waals surface area contributed by atoms with Crippen LogP contribution in [0, 0.1) is 11.3 Å². The Morgan fingerprint density at radius 3 is 2.55 bits per heavy atom. The maximum Gasteiger partial charge on any atom is 0.371 e. The molecule has 0 amide bonds. The molecule has 102 valence electrons. The van der Waals surface area contributed by atoms with Gasteiger partial charge in [0.2, 0.25) is 10.9 Å². The Hall–Kier alpha value is -2.79. The van der Waals surface area contributed by atoms with Gasteiger partial charge in [0, 0.05) is 0 Å². The molecule has 0 saturated heterocycles. The van der Waals surface area contributed by atoms with Gasteiger partial charge in [-0.1, -0.05) is 12.1 Å². The smallest absolute Gasteiger partial charge is 0.371 e. The van der Waals surface area contributed by atoms with E-state index in [0.29, 0.717) is 0 Å². The van der Waals surface area contributed by atoms with Gasteiger partial charge in [0.25, 0.3) is 10.0 Å². The van der Waals surface area contributed by atoms with Crippen LogP contribution in [-0.4, -0.2) is 19.5 Å². The molecule has 1 aromatic heterocycles. The number of rotatable bonds is 4. The lowest BCUT2D eigenvalue weighted by Crippen LogP contribution is -2.13. The maximum absolute atomic E-state index is 12.0. The molecule has 1 heterocycles. The summed E-state index contributed by atoms with van der Waals surface area (Å²) in [6.07, 6.45) is 0. The van der Waals surface area contributed by atoms with Gasteiger partial charge in [-0.15, -0.1) is 0 Å². The van der Waals surface area contributed by atoms with Crippen LogP contribution in [0.15, 0.2) is 45.9 Å². The highest BCUT2D eigenvalue weighted by molar-refractivity contribution is 7.92. The number of sulfonamides is 1. The van der Waals surface area contributed by atoms with Gasteiger partial charge in [0.1, 0.15) is 6.07 Å². The monoisotopic (exact) mass is 292 g/mol. The zero-order valence-electron chi connectivity index (χ0n) is 9.90. The molecule has 0 aliphatic heterocycles. The summed E-state index contributed by atoms with van der Waals surface area (Å²) in [4.78, 5) is 10.6. The fourth-order valence-corrected chi connectivity index (χ4v) is 2.46. The SMILES string of the molecule is N#Cc1ccccc1NS(=O)(=O)c1ccc(C(=O)O)o1. The highest BCUT2D eigenvalue weighted by atomic mass is 32.2. The van der Waals surface area contributed by atoms with Crippen molar-refractivity contribution >= 4 is 21.7 Å². The first-order valence-corrected chi connectivity index (χ1v) is 6.77. The Balaban J connectivity index is 2.36. The number of hydrogen-bond donors (Lipinski definition) is 2. The third kappa shape index (κ3) is 2.62. The topological polar surface area (TPSA) is 120 Å². The van der Waals surface area contributed by atoms with Crippen molar-refractivity contribution in [3.8, 4) is 6.07 Å². The van der Waals surface area contributed by atoms with E-state index < -0.39 is 26.8 Å². The van der Waals surface area contributed by atoms with E-state index in [1.165, 1.54) is 12.1 Å². The average molecular weight is 292 g/mol. The minimum Gasteiger partial charge on any atom is -0.475 e. The first-order valence-electron chi connectivity index (χ1n) is 5.29. The minimum atomic E-state index is -4.09. The van der Waals surface area contributed by atoms with Crippen molar-refractivity contribution in [2.75, 3.05) is 4.72 Å². The van der Waals surface area contributed by atoms with Crippen molar-refractivity contribution in [2.45, 2.75) is 5.09 Å². The van der Waals surface area contributed by atoms with Crippen LogP contribution in [0.2, 0.25) is 0 Å². The molecule has 0 unspecified atom stereocenters. The third-order valence-electron chi connectivity index (χ3n) is 2.35. The maximum atomic E-state index is 12.0. The van der Waals surface area contributed by atoms with Crippen LogP contribution in [-0.2, 0) is 10.0 Å². The molecule has 7 nitrogen and oxygen atoms in total. The number of benzene rings is 1. The number of aromatic carboxylic acids is 1. The number of nitrogens with zero attached hydrogens (tertiary/aromatic N) is 1. The molecule has 0 atom stereocenters. The minimum absolute atomic E-state index is 0.0864. The number of nitrogens with one attached hydrogen (secondary N) is 1. The van der Waals surface area contributed by atoms with Crippen LogP contribution in [0.1, 0.15) is 16.1 Å². The molecule has 0 radical (unpaired) electrons. The van der Waals surface area contributed by atoms with Crippen LogP contribution in [0.25, 0.3) is 0 Å². The highest BCUT2D eigenvalue weighted by Gasteiger charge is 2.22. The van der Waals surface area contributed by atoms with E-state index in [1.54, 1.807) is 12.1 Å². The predicted molar refractivity (Wildman–Crippen MR) is 67.6 cm³/mol. The van der Waals surface area contributed by atoms with Crippen LogP contribution < -0.4 is 4.72 Å². The Morgan fingerprint density at radius 1 is 1.25 bits per heavy atom. The number of nitriles is 1. The summed E-state index contributed by atoms with van der Waals surface area (Å²) in [5, 5.41) is 17.0. The summed E-state index contributed by atoms with van der Waals surface area (Å²) < 4.78 is 30.9. The van der Waals surface area contributed by atoms with Crippen molar-refractivity contribution in [2.24, 2.45) is 0 Å². The first kappa shape index (κ1) is 13.6. The van der Waals surface area contributed by atoms with E-state index in [9.17, 15) is 13.2 Å². The second-order valence-electron chi connectivity index (χ2n) is 3.69. The summed E-state index contributed by atoms with van der Waals surface area (Å²) in [7, 11) is -4.09. The van der Waals surface area contributed by atoms with Crippen molar-refractivity contribution in [3.05, 3.63) is 47.7 Å². The van der Waals surface area contributed by atoms with E-state index in [4.69, 9.17) is 14.8 Å². The van der Waals surface area contributed by atoms with Gasteiger partial charge in [-0.3, -0.25) is 4.72 Å². The number of hydrogen-bond acceptors (Lipinski definition) is 5. The van der Waals surface area contributed by atoms with Gasteiger partial charge in [0.15, 0.2) is 0 Å². The lowest BCUT2D eigenvalue weighted by atomic mass is 10.2. The van der Waals surface area contributed by atoms with Crippen LogP contribution in [0.4, 0.5) is 5.69 Å². The Bertz CT molecular complexity index is 801. The Morgan fingerprint density at radius 2 is 1.95 bits per heavy atom. The molecule has 8 heteroatoms. The van der Waals surface area contributed by atoms with Gasteiger partial charge < -0.3 is 9.52 Å². The van der Waals surface area contributed by atoms with Crippen molar-refractivity contribution in [1.29, 1.82) is 5.26 Å². The Kier molecular flexibility index (Phi) is 3.45. The lowest BCUT2D eigenvalue weighted by molar-refractivity contribution is 0.0656. The standard InChI is InChI=1S/C12H8N2O5S/c13-7-8-3-1-2-4-9(8)14-20(17,18)11-6-5-10(19-11)12(15)16/h1-6,14H,(H,15,16). The molecule has 20 heavy (non-hydrogen) atoms. The number of para-hydroxylation sites is 1. The quantitative estimate of drug-likeness (QED) is 0.883. The van der Waals surface area contributed by atoms with E-state index in [1.807, 2.05) is 6.07 Å². The zero-order valence-corrected chi connectivity index (χ0v) is 10.7. The largest absolute Gasteiger partial charge is 0.475 e. The second kappa shape index (κ2) is 5.07. The van der Waals surface area contributed by atoms with E-state index in [0.717, 1.165) is 12.1 Å². The summed E-state index contributed by atoms with van der Waals surface area (Å²) in [5.41, 5.74) is 0.226. The summed E-state index contributed by atoms with van der Waals surface area (Å²) in [6, 6.07) is 9.91. The normalized spacial score (nSPS) is 10.8. The number of furan rings is 1. The van der Waals surface area contributed by atoms with Gasteiger partial charge >= 0.3 is 5.97 Å². The fraction of sp³-hybridized carbons (Fsp3) is 0. The van der Waals surface area contributed by atoms with Crippen molar-refractivity contribution < 1.29 is 22.7 Å². The number of carboxylic acids is 1. The number of anilines is 1. The van der Waals surface area contributed by atoms with Gasteiger partial charge in [-0.2, -0.15) is 13.7 Å². The fourth-order valence-electron chi connectivity index (χ4n) is 1.44.